The highest BCUT2D eigenvalue weighted by Crippen LogP contribution is 2.18. The van der Waals surface area contributed by atoms with Gasteiger partial charge in [-0.05, 0) is 17.9 Å². The minimum Gasteiger partial charge on any atom is -0.480 e. The van der Waals surface area contributed by atoms with Gasteiger partial charge in [0.25, 0.3) is 0 Å². The molecule has 0 radical (unpaired) electrons. The van der Waals surface area contributed by atoms with Crippen LogP contribution in [0.1, 0.15) is 37.6 Å². The number of rotatable bonds is 9. The number of carboxylic acid groups (broad SMARTS) is 2. The van der Waals surface area contributed by atoms with Crippen molar-refractivity contribution >= 4 is 11.9 Å². The fourth-order valence-corrected chi connectivity index (χ4v) is 2.68. The molecule has 1 unspecified atom stereocenters. The minimum atomic E-state index is -1.15. The van der Waals surface area contributed by atoms with Crippen LogP contribution in [0, 0.1) is 5.92 Å². The number of nitrogens with zero attached hydrogens (tertiary/aromatic N) is 2. The zero-order valence-corrected chi connectivity index (χ0v) is 14.3. The first kappa shape index (κ1) is 18.7. The molecule has 1 heterocycles. The Labute approximate surface area is 146 Å². The van der Waals surface area contributed by atoms with Gasteiger partial charge in [0.15, 0.2) is 0 Å². The lowest BCUT2D eigenvalue weighted by Gasteiger charge is -2.22. The summed E-state index contributed by atoms with van der Waals surface area (Å²) in [6.45, 7) is 4.25. The quantitative estimate of drug-likeness (QED) is 0.643. The zero-order chi connectivity index (χ0) is 18.4. The van der Waals surface area contributed by atoms with Gasteiger partial charge in [-0.3, -0.25) is 14.9 Å². The summed E-state index contributed by atoms with van der Waals surface area (Å²) < 4.78 is 1.72. The molecule has 3 N–H and O–H groups in total. The number of aliphatic carboxylic acids is 2. The van der Waals surface area contributed by atoms with E-state index in [2.05, 4.69) is 10.3 Å². The summed E-state index contributed by atoms with van der Waals surface area (Å²) in [5, 5.41) is 21.7. The molecule has 1 aromatic heterocycles. The average Bonchev–Trinajstić information content (AvgIpc) is 2.99. The largest absolute Gasteiger partial charge is 0.480 e. The van der Waals surface area contributed by atoms with Crippen molar-refractivity contribution in [1.29, 1.82) is 0 Å². The van der Waals surface area contributed by atoms with E-state index in [1.807, 2.05) is 44.2 Å². The van der Waals surface area contributed by atoms with Gasteiger partial charge in [0.05, 0.1) is 18.2 Å². The van der Waals surface area contributed by atoms with E-state index in [4.69, 9.17) is 0 Å². The second kappa shape index (κ2) is 8.43. The van der Waals surface area contributed by atoms with Gasteiger partial charge in [0, 0.05) is 6.54 Å². The Morgan fingerprint density at radius 1 is 1.16 bits per heavy atom. The maximum atomic E-state index is 11.7. The second-order valence-electron chi connectivity index (χ2n) is 6.39. The van der Waals surface area contributed by atoms with Gasteiger partial charge in [-0.2, -0.15) is 0 Å². The number of hydrogen-bond acceptors (Lipinski definition) is 4. The van der Waals surface area contributed by atoms with Gasteiger partial charge in [-0.25, -0.2) is 4.98 Å². The van der Waals surface area contributed by atoms with Crippen molar-refractivity contribution in [3.8, 4) is 0 Å². The third-order valence-electron chi connectivity index (χ3n) is 3.86. The summed E-state index contributed by atoms with van der Waals surface area (Å²) in [5.74, 6) is -2.07. The summed E-state index contributed by atoms with van der Waals surface area (Å²) in [6.07, 6.45) is 3.35. The molecule has 0 fully saturated rings. The molecule has 7 nitrogen and oxygen atoms in total. The highest BCUT2D eigenvalue weighted by atomic mass is 16.4. The molecule has 0 bridgehead atoms. The van der Waals surface area contributed by atoms with Crippen LogP contribution in [-0.2, 0) is 16.1 Å². The average molecular weight is 345 g/mol. The lowest BCUT2D eigenvalue weighted by atomic mass is 10.0. The Balaban J connectivity index is 2.24. The minimum absolute atomic E-state index is 0.122. The molecule has 0 amide bonds. The molecule has 1 aromatic carbocycles. The Kier molecular flexibility index (Phi) is 6.30. The van der Waals surface area contributed by atoms with Gasteiger partial charge in [-0.1, -0.05) is 44.2 Å². The molecule has 134 valence electrons. The van der Waals surface area contributed by atoms with Crippen LogP contribution in [0.4, 0.5) is 0 Å². The molecule has 2 atom stereocenters. The predicted octanol–water partition coefficient (Wildman–Crippen LogP) is 2.15. The molecular weight excluding hydrogens is 322 g/mol. The van der Waals surface area contributed by atoms with Gasteiger partial charge in [0.2, 0.25) is 0 Å². The lowest BCUT2D eigenvalue weighted by Crippen LogP contribution is -2.43. The predicted molar refractivity (Wildman–Crippen MR) is 92.2 cm³/mol. The number of aromatic nitrogens is 2. The van der Waals surface area contributed by atoms with E-state index in [9.17, 15) is 19.8 Å². The molecule has 7 heteroatoms. The van der Waals surface area contributed by atoms with E-state index < -0.39 is 24.0 Å². The van der Waals surface area contributed by atoms with Crippen LogP contribution < -0.4 is 5.32 Å². The summed E-state index contributed by atoms with van der Waals surface area (Å²) in [7, 11) is 0. The van der Waals surface area contributed by atoms with Crippen molar-refractivity contribution in [3.05, 3.63) is 54.1 Å². The molecule has 0 aliphatic carbocycles. The third kappa shape index (κ3) is 5.15. The SMILES string of the molecule is CC(C)CC(N[C@H](C(=O)O)c1cncn1Cc1ccccc1)C(=O)O. The fraction of sp³-hybridized carbons (Fsp3) is 0.389. The lowest BCUT2D eigenvalue weighted by molar-refractivity contribution is -0.143. The maximum absolute atomic E-state index is 11.7. The Hall–Kier alpha value is -2.67. The molecule has 2 aromatic rings. The van der Waals surface area contributed by atoms with Crippen molar-refractivity contribution < 1.29 is 19.8 Å². The fourth-order valence-electron chi connectivity index (χ4n) is 2.68. The number of imidazole rings is 1. The topological polar surface area (TPSA) is 104 Å². The van der Waals surface area contributed by atoms with E-state index in [0.29, 0.717) is 18.7 Å². The van der Waals surface area contributed by atoms with Crippen LogP contribution in [0.2, 0.25) is 0 Å². The van der Waals surface area contributed by atoms with Crippen LogP contribution in [0.25, 0.3) is 0 Å². The molecule has 25 heavy (non-hydrogen) atoms. The van der Waals surface area contributed by atoms with E-state index >= 15 is 0 Å². The summed E-state index contributed by atoms with van der Waals surface area (Å²) >= 11 is 0. The van der Waals surface area contributed by atoms with Crippen LogP contribution in [0.3, 0.4) is 0 Å². The van der Waals surface area contributed by atoms with Crippen molar-refractivity contribution in [1.82, 2.24) is 14.9 Å². The number of hydrogen-bond donors (Lipinski definition) is 3. The highest BCUT2D eigenvalue weighted by Gasteiger charge is 2.30. The first-order valence-electron chi connectivity index (χ1n) is 8.14. The number of benzene rings is 1. The maximum Gasteiger partial charge on any atom is 0.326 e. The van der Waals surface area contributed by atoms with Gasteiger partial charge in [-0.15, -0.1) is 0 Å². The van der Waals surface area contributed by atoms with E-state index in [-0.39, 0.29) is 5.92 Å². The molecule has 0 aliphatic heterocycles. The first-order valence-corrected chi connectivity index (χ1v) is 8.14. The summed E-state index contributed by atoms with van der Waals surface area (Å²) in [6, 6.07) is 7.50. The van der Waals surface area contributed by atoms with Crippen LogP contribution in [-0.4, -0.2) is 37.7 Å². The van der Waals surface area contributed by atoms with Crippen molar-refractivity contribution in [2.45, 2.75) is 38.9 Å². The molecule has 0 spiro atoms. The Bertz CT molecular complexity index is 712. The van der Waals surface area contributed by atoms with Crippen LogP contribution >= 0.6 is 0 Å². The second-order valence-corrected chi connectivity index (χ2v) is 6.39. The first-order chi connectivity index (χ1) is 11.9. The molecule has 0 saturated carbocycles. The number of carboxylic acids is 2. The smallest absolute Gasteiger partial charge is 0.326 e. The number of carbonyl (C=O) groups is 2. The standard InChI is InChI=1S/C18H23N3O4/c1-12(2)8-14(17(22)23)20-16(18(24)25)15-9-19-11-21(15)10-13-6-4-3-5-7-13/h3-7,9,11-12,14,16,20H,8,10H2,1-2H3,(H,22,23)(H,24,25)/t14?,16-/m0/s1. The zero-order valence-electron chi connectivity index (χ0n) is 14.3. The van der Waals surface area contributed by atoms with Gasteiger partial charge in [0.1, 0.15) is 12.1 Å². The monoisotopic (exact) mass is 345 g/mol. The Morgan fingerprint density at radius 3 is 2.40 bits per heavy atom. The number of nitrogens with one attached hydrogen (secondary N) is 1. The summed E-state index contributed by atoms with van der Waals surface area (Å²) in [4.78, 5) is 27.3. The van der Waals surface area contributed by atoms with E-state index in [0.717, 1.165) is 5.56 Å². The van der Waals surface area contributed by atoms with Gasteiger partial charge < -0.3 is 14.8 Å². The van der Waals surface area contributed by atoms with Crippen molar-refractivity contribution in [3.63, 3.8) is 0 Å². The molecule has 0 saturated heterocycles. The van der Waals surface area contributed by atoms with E-state index in [1.54, 1.807) is 10.9 Å². The normalized spacial score (nSPS) is 13.6. The molecule has 0 aliphatic rings. The third-order valence-corrected chi connectivity index (χ3v) is 3.86. The van der Waals surface area contributed by atoms with Crippen molar-refractivity contribution in [2.75, 3.05) is 0 Å². The van der Waals surface area contributed by atoms with Crippen LogP contribution in [0.15, 0.2) is 42.9 Å². The van der Waals surface area contributed by atoms with Crippen molar-refractivity contribution in [2.24, 2.45) is 5.92 Å². The van der Waals surface area contributed by atoms with Gasteiger partial charge >= 0.3 is 11.9 Å². The molecule has 2 rings (SSSR count). The summed E-state index contributed by atoms with van der Waals surface area (Å²) in [5.41, 5.74) is 1.43. The Morgan fingerprint density at radius 2 is 1.84 bits per heavy atom. The van der Waals surface area contributed by atoms with E-state index in [1.165, 1.54) is 6.20 Å². The highest BCUT2D eigenvalue weighted by molar-refractivity contribution is 5.78. The van der Waals surface area contributed by atoms with Crippen LogP contribution in [0.5, 0.6) is 0 Å². The molecular formula is C18H23N3O4.